The summed E-state index contributed by atoms with van der Waals surface area (Å²) < 4.78 is 47.8. The molecule has 314 valence electrons. The Kier molecular flexibility index (Phi) is 11.3. The van der Waals surface area contributed by atoms with Gasteiger partial charge in [-0.25, -0.2) is 4.98 Å². The number of hydrogen-bond acceptors (Lipinski definition) is 11. The molecule has 3 aromatic rings. The van der Waals surface area contributed by atoms with Gasteiger partial charge in [-0.05, 0) is 105 Å². The van der Waals surface area contributed by atoms with Crippen molar-refractivity contribution in [2.45, 2.75) is 88.1 Å². The lowest BCUT2D eigenvalue weighted by Gasteiger charge is -2.51. The third-order valence-electron chi connectivity index (χ3n) is 12.3. The van der Waals surface area contributed by atoms with Crippen LogP contribution in [0.1, 0.15) is 68.7 Å². The van der Waals surface area contributed by atoms with E-state index in [4.69, 9.17) is 17.0 Å². The smallest absolute Gasteiger partial charge is 0.419 e. The second-order valence-corrected chi connectivity index (χ2v) is 16.3. The summed E-state index contributed by atoms with van der Waals surface area (Å²) in [5.74, 6) is -0.488. The van der Waals surface area contributed by atoms with Crippen LogP contribution >= 0.6 is 12.2 Å². The van der Waals surface area contributed by atoms with Gasteiger partial charge in [0.15, 0.2) is 10.8 Å². The maximum Gasteiger partial charge on any atom is 0.419 e. The van der Waals surface area contributed by atoms with Gasteiger partial charge in [-0.15, -0.1) is 0 Å². The zero-order valence-electron chi connectivity index (χ0n) is 32.9. The van der Waals surface area contributed by atoms with E-state index in [1.165, 1.54) is 6.07 Å². The number of pyridine rings is 1. The van der Waals surface area contributed by atoms with Crippen molar-refractivity contribution in [3.63, 3.8) is 0 Å². The Morgan fingerprint density at radius 1 is 1.03 bits per heavy atom. The monoisotopic (exact) mass is 843 g/mol. The highest BCUT2D eigenvalue weighted by atomic mass is 32.1. The number of nitriles is 1. The average Bonchev–Trinajstić information content (AvgIpc) is 3.45. The zero-order chi connectivity index (χ0) is 42.3. The Balaban J connectivity index is 0.864. The number of fused-ring (bicyclic) bond motifs is 3. The normalized spacial score (nSPS) is 22.8. The van der Waals surface area contributed by atoms with Crippen molar-refractivity contribution in [2.75, 3.05) is 53.2 Å². The first-order chi connectivity index (χ1) is 28.8. The lowest BCUT2D eigenvalue weighted by atomic mass is 9.75. The lowest BCUT2D eigenvalue weighted by molar-refractivity contribution is -0.138. The summed E-state index contributed by atoms with van der Waals surface area (Å²) in [6.45, 7) is 4.95. The van der Waals surface area contributed by atoms with Gasteiger partial charge in [-0.3, -0.25) is 39.2 Å². The summed E-state index contributed by atoms with van der Waals surface area (Å²) in [5.41, 5.74) is -0.343. The number of imide groups is 1. The van der Waals surface area contributed by atoms with Crippen LogP contribution in [0.5, 0.6) is 5.75 Å². The molecule has 6 aliphatic rings. The van der Waals surface area contributed by atoms with Gasteiger partial charge in [0.25, 0.3) is 5.91 Å². The molecule has 1 spiro atoms. The Labute approximate surface area is 350 Å². The van der Waals surface area contributed by atoms with Crippen molar-refractivity contribution in [2.24, 2.45) is 0 Å². The quantitative estimate of drug-likeness (QED) is 0.166. The number of anilines is 4. The van der Waals surface area contributed by atoms with Crippen LogP contribution in [0.4, 0.5) is 35.9 Å². The molecule has 18 heteroatoms. The Morgan fingerprint density at radius 3 is 2.45 bits per heavy atom. The topological polar surface area (TPSA) is 163 Å². The zero-order valence-corrected chi connectivity index (χ0v) is 33.7. The second kappa shape index (κ2) is 16.4. The molecule has 1 saturated carbocycles. The second-order valence-electron chi connectivity index (χ2n) is 15.9. The molecule has 14 nitrogen and oxygen atoms in total. The van der Waals surface area contributed by atoms with Gasteiger partial charge in [-0.2, -0.15) is 18.4 Å². The number of nitrogens with zero attached hydrogens (tertiary/aromatic N) is 6. The number of ether oxygens (including phenoxy) is 1. The van der Waals surface area contributed by atoms with Crippen molar-refractivity contribution >= 4 is 63.7 Å². The Bertz CT molecular complexity index is 2280. The number of aryl methyl sites for hydroxylation is 1. The molecule has 9 rings (SSSR count). The SMILES string of the molecule is CCc1cc(N2C(=S)N(c3cnc(C#N)c(C(F)(F)F)c3)C(=O)C23CCC3)ccc1OCCN1C[C@H]2CCC1CN2CC(=O)Nc1cccc(NC2CCC(=O)NC2=O)c1. The van der Waals surface area contributed by atoms with E-state index in [1.54, 1.807) is 23.1 Å². The number of benzene rings is 2. The number of amides is 4. The number of carbonyl (C=O) groups is 4. The number of rotatable bonds is 12. The predicted molar refractivity (Wildman–Crippen MR) is 219 cm³/mol. The van der Waals surface area contributed by atoms with Crippen molar-refractivity contribution < 1.29 is 37.1 Å². The van der Waals surface area contributed by atoms with Crippen molar-refractivity contribution in [1.82, 2.24) is 20.1 Å². The number of aromatic nitrogens is 1. The highest BCUT2D eigenvalue weighted by Crippen LogP contribution is 2.49. The van der Waals surface area contributed by atoms with Crippen LogP contribution in [0.15, 0.2) is 54.7 Å². The molecule has 6 fully saturated rings. The molecule has 4 amide bonds. The Hall–Kier alpha value is -5.64. The minimum Gasteiger partial charge on any atom is -0.492 e. The van der Waals surface area contributed by atoms with Gasteiger partial charge in [-0.1, -0.05) is 13.0 Å². The van der Waals surface area contributed by atoms with Crippen LogP contribution in [-0.2, 0) is 31.8 Å². The Morgan fingerprint density at radius 2 is 1.78 bits per heavy atom. The largest absolute Gasteiger partial charge is 0.492 e. The van der Waals surface area contributed by atoms with E-state index in [0.717, 1.165) is 55.1 Å². The summed E-state index contributed by atoms with van der Waals surface area (Å²) in [7, 11) is 0. The minimum absolute atomic E-state index is 0.0512. The third-order valence-corrected chi connectivity index (χ3v) is 12.6. The molecule has 2 bridgehead atoms. The fourth-order valence-corrected chi connectivity index (χ4v) is 9.53. The molecule has 5 saturated heterocycles. The van der Waals surface area contributed by atoms with Gasteiger partial charge < -0.3 is 20.3 Å². The first kappa shape index (κ1) is 41.1. The molecule has 5 aliphatic heterocycles. The van der Waals surface area contributed by atoms with Gasteiger partial charge in [0, 0.05) is 55.2 Å². The van der Waals surface area contributed by atoms with Gasteiger partial charge >= 0.3 is 6.18 Å². The molecule has 3 N–H and O–H groups in total. The predicted octanol–water partition coefficient (Wildman–Crippen LogP) is 4.98. The number of carbonyl (C=O) groups excluding carboxylic acids is 4. The number of nitrogens with one attached hydrogen (secondary N) is 3. The van der Waals surface area contributed by atoms with E-state index in [1.807, 2.05) is 31.2 Å². The number of alkyl halides is 3. The molecule has 1 aliphatic carbocycles. The van der Waals surface area contributed by atoms with Crippen molar-refractivity contribution in [3.8, 4) is 11.8 Å². The summed E-state index contributed by atoms with van der Waals surface area (Å²) in [6.07, 6.45) is 1.27. The van der Waals surface area contributed by atoms with E-state index >= 15 is 0 Å². The highest BCUT2D eigenvalue weighted by Gasteiger charge is 2.60. The van der Waals surface area contributed by atoms with Crippen LogP contribution in [0.25, 0.3) is 0 Å². The summed E-state index contributed by atoms with van der Waals surface area (Å²) in [5, 5.41) is 17.8. The maximum atomic E-state index is 14.0. The number of hydrogen-bond donors (Lipinski definition) is 3. The van der Waals surface area contributed by atoms with E-state index in [0.29, 0.717) is 61.6 Å². The lowest BCUT2D eigenvalue weighted by Crippen LogP contribution is -2.63. The molecule has 0 radical (unpaired) electrons. The molecular formula is C42H44F3N9O5S. The van der Waals surface area contributed by atoms with Gasteiger partial charge in [0.05, 0.1) is 24.0 Å². The van der Waals surface area contributed by atoms with Crippen LogP contribution in [-0.4, -0.2) is 100.0 Å². The van der Waals surface area contributed by atoms with Crippen LogP contribution in [0, 0.1) is 11.3 Å². The third kappa shape index (κ3) is 7.88. The molecule has 6 heterocycles. The fourth-order valence-electron chi connectivity index (χ4n) is 9.06. The van der Waals surface area contributed by atoms with E-state index in [2.05, 4.69) is 30.7 Å². The number of thiocarbonyl (C=S) groups is 1. The average molecular weight is 844 g/mol. The van der Waals surface area contributed by atoms with Gasteiger partial charge in [0.2, 0.25) is 17.7 Å². The van der Waals surface area contributed by atoms with Crippen LogP contribution in [0.3, 0.4) is 0 Å². The first-order valence-electron chi connectivity index (χ1n) is 20.2. The molecule has 3 atom stereocenters. The van der Waals surface area contributed by atoms with E-state index in [-0.39, 0.29) is 53.6 Å². The molecule has 1 aromatic heterocycles. The standard InChI is InChI=1S/C42H44F3N9O5S/c1-2-25-17-28(54-40(60)53(39(58)41(54)13-4-14-41)31-19-32(42(43,44)45)34(20-46)47-21-31)9-11-35(25)59-16-15-51-22-30-8-7-29(51)23-52(30)24-37(56)49-27-6-3-5-26(18-27)48-33-10-12-36(55)50-38(33)57/h3,5-6,9,11,17-19,21,29-30,33,48H,2,4,7-8,10,12-16,22-24H2,1H3,(H,49,56)(H,50,55,57)/t29?,30-,33?/m1/s1. The van der Waals surface area contributed by atoms with Crippen LogP contribution in [0.2, 0.25) is 0 Å². The van der Waals surface area contributed by atoms with Crippen molar-refractivity contribution in [3.05, 3.63) is 71.5 Å². The summed E-state index contributed by atoms with van der Waals surface area (Å²) in [6, 6.07) is 15.0. The molecule has 60 heavy (non-hydrogen) atoms. The van der Waals surface area contributed by atoms with Crippen LogP contribution < -0.4 is 30.5 Å². The molecule has 2 aromatic carbocycles. The minimum atomic E-state index is -4.85. The van der Waals surface area contributed by atoms with E-state index in [9.17, 15) is 37.6 Å². The van der Waals surface area contributed by atoms with E-state index < -0.39 is 34.9 Å². The molecule has 2 unspecified atom stereocenters. The number of piperazine rings is 1. The molecular weight excluding hydrogens is 800 g/mol. The maximum absolute atomic E-state index is 14.0. The summed E-state index contributed by atoms with van der Waals surface area (Å²) >= 11 is 5.80. The summed E-state index contributed by atoms with van der Waals surface area (Å²) in [4.78, 5) is 62.0. The van der Waals surface area contributed by atoms with Crippen molar-refractivity contribution in [1.29, 1.82) is 5.26 Å². The number of piperidine rings is 3. The highest BCUT2D eigenvalue weighted by molar-refractivity contribution is 7.81. The van der Waals surface area contributed by atoms with Gasteiger partial charge in [0.1, 0.15) is 30.0 Å². The number of halogens is 3. The fraction of sp³-hybridized carbons (Fsp3) is 0.452. The first-order valence-corrected chi connectivity index (χ1v) is 20.6.